The minimum atomic E-state index is 0.119. The van der Waals surface area contributed by atoms with Crippen molar-refractivity contribution < 1.29 is 4.79 Å². The highest BCUT2D eigenvalue weighted by molar-refractivity contribution is 5.94. The van der Waals surface area contributed by atoms with Gasteiger partial charge in [-0.1, -0.05) is 0 Å². The van der Waals surface area contributed by atoms with Gasteiger partial charge in [-0.3, -0.25) is 4.79 Å². The summed E-state index contributed by atoms with van der Waals surface area (Å²) in [5.74, 6) is 0.729. The molecule has 1 N–H and O–H groups in total. The van der Waals surface area contributed by atoms with Crippen molar-refractivity contribution in [3.05, 3.63) is 36.2 Å². The molecule has 1 aromatic carbocycles. The molecule has 2 aliphatic rings. The van der Waals surface area contributed by atoms with Crippen LogP contribution in [0.25, 0.3) is 5.69 Å². The zero-order valence-electron chi connectivity index (χ0n) is 12.2. The zero-order chi connectivity index (χ0) is 14.9. The smallest absolute Gasteiger partial charge is 0.253 e. The number of hydrogen-bond donors (Lipinski definition) is 1. The SMILES string of the molecule is O=C(c1ccc(-n2cnnn2)cc1)N1CCC2NCCC2C1. The molecule has 4 rings (SSSR count). The molecule has 2 aromatic rings. The minimum Gasteiger partial charge on any atom is -0.338 e. The summed E-state index contributed by atoms with van der Waals surface area (Å²) in [6.45, 7) is 2.78. The Bertz CT molecular complexity index is 653. The summed E-state index contributed by atoms with van der Waals surface area (Å²) in [6, 6.07) is 8.03. The van der Waals surface area contributed by atoms with E-state index in [4.69, 9.17) is 0 Å². The molecule has 2 unspecified atom stereocenters. The predicted octanol–water partition coefficient (Wildman–Crippen LogP) is 0.486. The Hall–Kier alpha value is -2.28. The molecule has 2 saturated heterocycles. The number of likely N-dealkylation sites (tertiary alicyclic amines) is 1. The molecule has 0 spiro atoms. The second-order valence-electron chi connectivity index (χ2n) is 5.95. The number of nitrogens with zero attached hydrogens (tertiary/aromatic N) is 5. The second kappa shape index (κ2) is 5.49. The molecule has 2 fully saturated rings. The van der Waals surface area contributed by atoms with E-state index >= 15 is 0 Å². The van der Waals surface area contributed by atoms with E-state index in [0.717, 1.165) is 37.3 Å². The van der Waals surface area contributed by atoms with Crippen LogP contribution in [0.2, 0.25) is 0 Å². The summed E-state index contributed by atoms with van der Waals surface area (Å²) in [5, 5.41) is 14.6. The largest absolute Gasteiger partial charge is 0.338 e. The third-order valence-electron chi connectivity index (χ3n) is 4.67. The summed E-state index contributed by atoms with van der Waals surface area (Å²) < 4.78 is 1.57. The van der Waals surface area contributed by atoms with E-state index in [2.05, 4.69) is 20.8 Å². The molecular formula is C15H18N6O. The average molecular weight is 298 g/mol. The summed E-state index contributed by atoms with van der Waals surface area (Å²) in [7, 11) is 0. The highest BCUT2D eigenvalue weighted by Crippen LogP contribution is 2.25. The van der Waals surface area contributed by atoms with Crippen LogP contribution in [0.3, 0.4) is 0 Å². The Kier molecular flexibility index (Phi) is 3.34. The molecule has 0 saturated carbocycles. The van der Waals surface area contributed by atoms with Crippen molar-refractivity contribution in [2.45, 2.75) is 18.9 Å². The van der Waals surface area contributed by atoms with Gasteiger partial charge < -0.3 is 10.2 Å². The van der Waals surface area contributed by atoms with Gasteiger partial charge >= 0.3 is 0 Å². The predicted molar refractivity (Wildman–Crippen MR) is 79.6 cm³/mol. The fourth-order valence-corrected chi connectivity index (χ4v) is 3.45. The van der Waals surface area contributed by atoms with Gasteiger partial charge in [-0.25, -0.2) is 4.68 Å². The van der Waals surface area contributed by atoms with Crippen molar-refractivity contribution in [2.75, 3.05) is 19.6 Å². The summed E-state index contributed by atoms with van der Waals surface area (Å²) >= 11 is 0. The molecule has 0 radical (unpaired) electrons. The maximum Gasteiger partial charge on any atom is 0.253 e. The van der Waals surface area contributed by atoms with Crippen molar-refractivity contribution in [3.63, 3.8) is 0 Å². The van der Waals surface area contributed by atoms with Crippen LogP contribution in [0.15, 0.2) is 30.6 Å². The van der Waals surface area contributed by atoms with Crippen LogP contribution < -0.4 is 5.32 Å². The lowest BCUT2D eigenvalue weighted by atomic mass is 9.93. The minimum absolute atomic E-state index is 0.119. The average Bonchev–Trinajstić information content (AvgIpc) is 3.25. The van der Waals surface area contributed by atoms with Gasteiger partial charge in [0.05, 0.1) is 5.69 Å². The van der Waals surface area contributed by atoms with Crippen LogP contribution in [-0.2, 0) is 0 Å². The van der Waals surface area contributed by atoms with Crippen molar-refractivity contribution >= 4 is 5.91 Å². The van der Waals surface area contributed by atoms with Crippen LogP contribution in [-0.4, -0.2) is 56.7 Å². The normalized spacial score (nSPS) is 24.3. The number of fused-ring (bicyclic) bond motifs is 1. The first-order chi connectivity index (χ1) is 10.8. The molecule has 0 bridgehead atoms. The molecule has 1 aromatic heterocycles. The topological polar surface area (TPSA) is 75.9 Å². The molecule has 1 amide bonds. The number of carbonyl (C=O) groups is 1. The fourth-order valence-electron chi connectivity index (χ4n) is 3.45. The number of tetrazole rings is 1. The number of nitrogens with one attached hydrogen (secondary N) is 1. The van der Waals surface area contributed by atoms with Gasteiger partial charge in [-0.15, -0.1) is 5.10 Å². The van der Waals surface area contributed by atoms with Crippen LogP contribution >= 0.6 is 0 Å². The maximum absolute atomic E-state index is 12.6. The molecule has 22 heavy (non-hydrogen) atoms. The molecular weight excluding hydrogens is 280 g/mol. The van der Waals surface area contributed by atoms with Crippen molar-refractivity contribution in [1.82, 2.24) is 30.4 Å². The monoisotopic (exact) mass is 298 g/mol. The Morgan fingerprint density at radius 1 is 1.23 bits per heavy atom. The van der Waals surface area contributed by atoms with E-state index in [1.54, 1.807) is 4.68 Å². The first-order valence-electron chi connectivity index (χ1n) is 7.67. The second-order valence-corrected chi connectivity index (χ2v) is 5.95. The number of hydrogen-bond acceptors (Lipinski definition) is 5. The molecule has 7 heteroatoms. The van der Waals surface area contributed by atoms with Gasteiger partial charge in [0.25, 0.3) is 5.91 Å². The summed E-state index contributed by atoms with van der Waals surface area (Å²) in [5.41, 5.74) is 1.57. The van der Waals surface area contributed by atoms with Crippen LogP contribution in [0, 0.1) is 5.92 Å². The molecule has 114 valence electrons. The van der Waals surface area contributed by atoms with E-state index < -0.39 is 0 Å². The fraction of sp³-hybridized carbons (Fsp3) is 0.467. The number of piperidine rings is 1. The molecule has 2 aliphatic heterocycles. The van der Waals surface area contributed by atoms with Crippen LogP contribution in [0.1, 0.15) is 23.2 Å². The summed E-state index contributed by atoms with van der Waals surface area (Å²) in [6.07, 6.45) is 3.76. The van der Waals surface area contributed by atoms with Gasteiger partial charge in [0.15, 0.2) is 0 Å². The Morgan fingerprint density at radius 3 is 2.86 bits per heavy atom. The van der Waals surface area contributed by atoms with Crippen molar-refractivity contribution in [2.24, 2.45) is 5.92 Å². The van der Waals surface area contributed by atoms with Crippen LogP contribution in [0.4, 0.5) is 0 Å². The van der Waals surface area contributed by atoms with Gasteiger partial charge in [0.2, 0.25) is 0 Å². The van der Waals surface area contributed by atoms with Gasteiger partial charge in [-0.05, 0) is 60.0 Å². The first kappa shape index (κ1) is 13.4. The lowest BCUT2D eigenvalue weighted by Gasteiger charge is -2.34. The highest BCUT2D eigenvalue weighted by Gasteiger charge is 2.34. The molecule has 2 atom stereocenters. The lowest BCUT2D eigenvalue weighted by molar-refractivity contribution is 0.0662. The third-order valence-corrected chi connectivity index (χ3v) is 4.67. The van der Waals surface area contributed by atoms with Crippen molar-refractivity contribution in [1.29, 1.82) is 0 Å². The van der Waals surface area contributed by atoms with Gasteiger partial charge in [0, 0.05) is 24.7 Å². The van der Waals surface area contributed by atoms with E-state index in [1.165, 1.54) is 12.7 Å². The summed E-state index contributed by atoms with van der Waals surface area (Å²) in [4.78, 5) is 14.6. The number of benzene rings is 1. The van der Waals surface area contributed by atoms with E-state index in [0.29, 0.717) is 12.0 Å². The Balaban J connectivity index is 1.48. The van der Waals surface area contributed by atoms with E-state index in [1.807, 2.05) is 29.2 Å². The molecule has 0 aliphatic carbocycles. The Morgan fingerprint density at radius 2 is 2.09 bits per heavy atom. The number of rotatable bonds is 2. The van der Waals surface area contributed by atoms with Crippen molar-refractivity contribution in [3.8, 4) is 5.69 Å². The molecule has 3 heterocycles. The maximum atomic E-state index is 12.6. The number of aromatic nitrogens is 4. The van der Waals surface area contributed by atoms with E-state index in [9.17, 15) is 4.79 Å². The number of carbonyl (C=O) groups excluding carboxylic acids is 1. The highest BCUT2D eigenvalue weighted by atomic mass is 16.2. The first-order valence-corrected chi connectivity index (χ1v) is 7.67. The van der Waals surface area contributed by atoms with Crippen LogP contribution in [0.5, 0.6) is 0 Å². The standard InChI is InChI=1S/C15H18N6O/c22-15(20-8-6-14-12(9-20)5-7-16-14)11-1-3-13(4-2-11)21-10-17-18-19-21/h1-4,10,12,14,16H,5-9H2. The lowest BCUT2D eigenvalue weighted by Crippen LogP contribution is -2.46. The molecule has 7 nitrogen and oxygen atoms in total. The third kappa shape index (κ3) is 2.37. The zero-order valence-corrected chi connectivity index (χ0v) is 12.2. The quantitative estimate of drug-likeness (QED) is 0.873. The van der Waals surface area contributed by atoms with Gasteiger partial charge in [0.1, 0.15) is 6.33 Å². The Labute approximate surface area is 128 Å². The van der Waals surface area contributed by atoms with E-state index in [-0.39, 0.29) is 5.91 Å². The van der Waals surface area contributed by atoms with Gasteiger partial charge in [-0.2, -0.15) is 0 Å². The number of amides is 1.